The number of ether oxygens (including phenoxy) is 1. The maximum atomic E-state index is 12.4. The first-order valence-electron chi connectivity index (χ1n) is 10.7. The number of carboxylic acids is 1. The molecule has 2 atom stereocenters. The number of benzene rings is 2. The van der Waals surface area contributed by atoms with E-state index in [1.54, 1.807) is 0 Å². The van der Waals surface area contributed by atoms with Gasteiger partial charge in [-0.05, 0) is 28.7 Å². The van der Waals surface area contributed by atoms with Crippen LogP contribution in [0.15, 0.2) is 48.5 Å². The Morgan fingerprint density at radius 2 is 1.59 bits per heavy atom. The maximum absolute atomic E-state index is 12.4. The van der Waals surface area contributed by atoms with Crippen molar-refractivity contribution in [3.8, 4) is 11.1 Å². The monoisotopic (exact) mass is 440 g/mol. The van der Waals surface area contributed by atoms with Crippen LogP contribution < -0.4 is 10.6 Å². The van der Waals surface area contributed by atoms with Crippen molar-refractivity contribution in [2.45, 2.75) is 44.2 Å². The van der Waals surface area contributed by atoms with E-state index < -0.39 is 30.1 Å². The number of carbonyl (C=O) groups excluding carboxylic acids is 2. The van der Waals surface area contributed by atoms with E-state index in [1.165, 1.54) is 0 Å². The molecule has 0 aliphatic heterocycles. The van der Waals surface area contributed by atoms with Crippen LogP contribution in [0.4, 0.5) is 4.79 Å². The SMILES string of the molecule is CC[C@@H](CC(=O)NC(CCO)C(=O)O)NC(=O)OCC1c2ccccc2-c2ccccc21. The maximum Gasteiger partial charge on any atom is 0.407 e. The summed E-state index contributed by atoms with van der Waals surface area (Å²) >= 11 is 0. The Hall–Kier alpha value is -3.39. The average Bonchev–Trinajstić information content (AvgIpc) is 3.10. The topological polar surface area (TPSA) is 125 Å². The average molecular weight is 440 g/mol. The first-order chi connectivity index (χ1) is 15.4. The molecule has 1 unspecified atom stereocenters. The van der Waals surface area contributed by atoms with Crippen molar-refractivity contribution >= 4 is 18.0 Å². The third kappa shape index (κ3) is 5.45. The highest BCUT2D eigenvalue weighted by Crippen LogP contribution is 2.44. The van der Waals surface area contributed by atoms with E-state index in [-0.39, 0.29) is 32.0 Å². The Kier molecular flexibility index (Phi) is 7.83. The van der Waals surface area contributed by atoms with Gasteiger partial charge < -0.3 is 25.6 Å². The number of aliphatic carboxylic acids is 1. The quantitative estimate of drug-likeness (QED) is 0.450. The number of carboxylic acid groups (broad SMARTS) is 1. The number of hydrogen-bond acceptors (Lipinski definition) is 5. The second-order valence-corrected chi connectivity index (χ2v) is 7.75. The lowest BCUT2D eigenvalue weighted by Gasteiger charge is -2.20. The highest BCUT2D eigenvalue weighted by atomic mass is 16.5. The lowest BCUT2D eigenvalue weighted by atomic mass is 9.98. The molecule has 0 aromatic heterocycles. The molecule has 0 spiro atoms. The number of carbonyl (C=O) groups is 3. The van der Waals surface area contributed by atoms with Crippen molar-refractivity contribution in [2.24, 2.45) is 0 Å². The summed E-state index contributed by atoms with van der Waals surface area (Å²) in [4.78, 5) is 35.7. The standard InChI is InChI=1S/C24H28N2O6/c1-2-15(13-22(28)26-21(11-12-27)23(29)30)25-24(31)32-14-20-18-9-5-3-7-16(18)17-8-4-6-10-19(17)20/h3-10,15,20-21,27H,2,11-14H2,1H3,(H,25,31)(H,26,28)(H,29,30)/t15-,21?/m0/s1. The second-order valence-electron chi connectivity index (χ2n) is 7.75. The molecular weight excluding hydrogens is 412 g/mol. The smallest absolute Gasteiger partial charge is 0.407 e. The van der Waals surface area contributed by atoms with Crippen molar-refractivity contribution in [1.82, 2.24) is 10.6 Å². The predicted octanol–water partition coefficient (Wildman–Crippen LogP) is 2.65. The van der Waals surface area contributed by atoms with Gasteiger partial charge in [-0.3, -0.25) is 4.79 Å². The van der Waals surface area contributed by atoms with E-state index in [1.807, 2.05) is 43.3 Å². The molecule has 0 radical (unpaired) electrons. The van der Waals surface area contributed by atoms with E-state index in [4.69, 9.17) is 14.9 Å². The molecule has 0 bridgehead atoms. The van der Waals surface area contributed by atoms with Gasteiger partial charge in [-0.2, -0.15) is 0 Å². The van der Waals surface area contributed by atoms with Gasteiger partial charge in [0.1, 0.15) is 12.6 Å². The minimum absolute atomic E-state index is 0.0636. The van der Waals surface area contributed by atoms with Gasteiger partial charge in [0.15, 0.2) is 0 Å². The van der Waals surface area contributed by atoms with Crippen LogP contribution in [-0.4, -0.2) is 53.5 Å². The van der Waals surface area contributed by atoms with E-state index in [2.05, 4.69) is 22.8 Å². The minimum atomic E-state index is -1.22. The third-order valence-corrected chi connectivity index (χ3v) is 5.64. The zero-order chi connectivity index (χ0) is 23.1. The lowest BCUT2D eigenvalue weighted by molar-refractivity contribution is -0.142. The number of aliphatic hydroxyl groups is 1. The number of hydrogen-bond donors (Lipinski definition) is 4. The van der Waals surface area contributed by atoms with Crippen molar-refractivity contribution in [2.75, 3.05) is 13.2 Å². The molecule has 0 heterocycles. The van der Waals surface area contributed by atoms with E-state index >= 15 is 0 Å². The summed E-state index contributed by atoms with van der Waals surface area (Å²) < 4.78 is 5.50. The Labute approximate surface area is 186 Å². The third-order valence-electron chi connectivity index (χ3n) is 5.64. The van der Waals surface area contributed by atoms with Crippen molar-refractivity contribution < 1.29 is 29.3 Å². The zero-order valence-corrected chi connectivity index (χ0v) is 17.9. The molecule has 2 amide bonds. The molecule has 3 rings (SSSR count). The zero-order valence-electron chi connectivity index (χ0n) is 17.9. The van der Waals surface area contributed by atoms with Crippen molar-refractivity contribution in [1.29, 1.82) is 0 Å². The number of fused-ring (bicyclic) bond motifs is 3. The van der Waals surface area contributed by atoms with Gasteiger partial charge in [0.25, 0.3) is 0 Å². The number of alkyl carbamates (subject to hydrolysis) is 1. The molecule has 170 valence electrons. The van der Waals surface area contributed by atoms with Gasteiger partial charge in [0.05, 0.1) is 0 Å². The largest absolute Gasteiger partial charge is 0.480 e. The van der Waals surface area contributed by atoms with Crippen LogP contribution in [0.2, 0.25) is 0 Å². The summed E-state index contributed by atoms with van der Waals surface area (Å²) in [5.74, 6) is -1.80. The van der Waals surface area contributed by atoms with E-state index in [9.17, 15) is 14.4 Å². The Bertz CT molecular complexity index is 931. The van der Waals surface area contributed by atoms with Crippen LogP contribution >= 0.6 is 0 Å². The molecule has 0 fully saturated rings. The molecule has 0 saturated heterocycles. The molecule has 2 aromatic carbocycles. The van der Waals surface area contributed by atoms with E-state index in [0.717, 1.165) is 22.3 Å². The van der Waals surface area contributed by atoms with Gasteiger partial charge in [0.2, 0.25) is 5.91 Å². The second kappa shape index (κ2) is 10.8. The normalized spacial score (nSPS) is 14.1. The number of aliphatic hydroxyl groups excluding tert-OH is 1. The van der Waals surface area contributed by atoms with Crippen LogP contribution in [-0.2, 0) is 14.3 Å². The van der Waals surface area contributed by atoms with Crippen LogP contribution in [0.5, 0.6) is 0 Å². The van der Waals surface area contributed by atoms with E-state index in [0.29, 0.717) is 6.42 Å². The van der Waals surface area contributed by atoms with Crippen LogP contribution in [0.3, 0.4) is 0 Å². The molecular formula is C24H28N2O6. The molecule has 0 saturated carbocycles. The van der Waals surface area contributed by atoms with Crippen LogP contribution in [0.25, 0.3) is 11.1 Å². The summed E-state index contributed by atoms with van der Waals surface area (Å²) in [7, 11) is 0. The summed E-state index contributed by atoms with van der Waals surface area (Å²) in [5, 5.41) is 23.1. The molecule has 8 heteroatoms. The van der Waals surface area contributed by atoms with Gasteiger partial charge in [-0.25, -0.2) is 9.59 Å². The Morgan fingerprint density at radius 3 is 2.12 bits per heavy atom. The van der Waals surface area contributed by atoms with Crippen LogP contribution in [0.1, 0.15) is 43.2 Å². The Morgan fingerprint density at radius 1 is 1.00 bits per heavy atom. The van der Waals surface area contributed by atoms with Gasteiger partial charge >= 0.3 is 12.1 Å². The predicted molar refractivity (Wildman–Crippen MR) is 118 cm³/mol. The lowest BCUT2D eigenvalue weighted by Crippen LogP contribution is -2.45. The summed E-state index contributed by atoms with van der Waals surface area (Å²) in [5.41, 5.74) is 4.49. The Balaban J connectivity index is 1.56. The molecule has 2 aromatic rings. The summed E-state index contributed by atoms with van der Waals surface area (Å²) in [6.07, 6.45) is -0.334. The molecule has 8 nitrogen and oxygen atoms in total. The molecule has 1 aliphatic carbocycles. The number of rotatable bonds is 10. The number of nitrogens with one attached hydrogen (secondary N) is 2. The molecule has 1 aliphatic rings. The van der Waals surface area contributed by atoms with Gasteiger partial charge in [-0.1, -0.05) is 55.5 Å². The van der Waals surface area contributed by atoms with Gasteiger partial charge in [0, 0.05) is 31.4 Å². The highest BCUT2D eigenvalue weighted by molar-refractivity contribution is 5.84. The fourth-order valence-corrected chi connectivity index (χ4v) is 3.97. The number of amides is 2. The highest BCUT2D eigenvalue weighted by Gasteiger charge is 2.29. The molecule has 32 heavy (non-hydrogen) atoms. The first kappa shape index (κ1) is 23.3. The van der Waals surface area contributed by atoms with Gasteiger partial charge in [-0.15, -0.1) is 0 Å². The molecule has 4 N–H and O–H groups in total. The fraction of sp³-hybridized carbons (Fsp3) is 0.375. The fourth-order valence-electron chi connectivity index (χ4n) is 3.97. The summed E-state index contributed by atoms with van der Waals surface area (Å²) in [6.45, 7) is 1.62. The van der Waals surface area contributed by atoms with Crippen molar-refractivity contribution in [3.63, 3.8) is 0 Å². The first-order valence-corrected chi connectivity index (χ1v) is 10.7. The minimum Gasteiger partial charge on any atom is -0.480 e. The summed E-state index contributed by atoms with van der Waals surface area (Å²) in [6, 6.07) is 14.4. The van der Waals surface area contributed by atoms with Crippen molar-refractivity contribution in [3.05, 3.63) is 59.7 Å². The van der Waals surface area contributed by atoms with Crippen LogP contribution in [0, 0.1) is 0 Å².